The SMILES string of the molecule is COc1ccccc1C(=O)[C@H]1CCCN(C(=O)CSc2nc3ccc(C)cc3[nH]2)C1. The standard InChI is InChI=1S/C23H25N3O3S/c1-15-9-10-18-19(12-15)25-23(24-18)30-14-21(27)26-11-5-6-16(13-26)22(28)17-7-3-4-8-20(17)29-2/h3-4,7-10,12,16H,5-6,11,13-14H2,1-2H3,(H,24,25)/t16-/m0/s1. The molecule has 2 heterocycles. The first-order chi connectivity index (χ1) is 14.5. The number of hydrogen-bond acceptors (Lipinski definition) is 5. The number of rotatable bonds is 6. The number of nitrogens with zero attached hydrogens (tertiary/aromatic N) is 2. The van der Waals surface area contributed by atoms with E-state index in [4.69, 9.17) is 4.74 Å². The number of piperidine rings is 1. The van der Waals surface area contributed by atoms with E-state index in [2.05, 4.69) is 9.97 Å². The predicted octanol–water partition coefficient (Wildman–Crippen LogP) is 4.09. The van der Waals surface area contributed by atoms with E-state index < -0.39 is 0 Å². The van der Waals surface area contributed by atoms with Gasteiger partial charge in [-0.05, 0) is 49.6 Å². The topological polar surface area (TPSA) is 75.3 Å². The van der Waals surface area contributed by atoms with Crippen molar-refractivity contribution < 1.29 is 14.3 Å². The Hall–Kier alpha value is -2.80. The highest BCUT2D eigenvalue weighted by Gasteiger charge is 2.30. The van der Waals surface area contributed by atoms with Crippen molar-refractivity contribution in [3.63, 3.8) is 0 Å². The number of aromatic amines is 1. The monoisotopic (exact) mass is 423 g/mol. The molecule has 0 bridgehead atoms. The number of Topliss-reactive ketones (excluding diaryl/α,β-unsaturated/α-hetero) is 1. The number of nitrogens with one attached hydrogen (secondary N) is 1. The van der Waals surface area contributed by atoms with Crippen molar-refractivity contribution in [2.45, 2.75) is 24.9 Å². The molecule has 0 unspecified atom stereocenters. The number of likely N-dealkylation sites (tertiary alicyclic amines) is 1. The summed E-state index contributed by atoms with van der Waals surface area (Å²) in [5.41, 5.74) is 3.63. The molecule has 1 aliphatic heterocycles. The van der Waals surface area contributed by atoms with Gasteiger partial charge in [0.1, 0.15) is 5.75 Å². The Morgan fingerprint density at radius 1 is 1.27 bits per heavy atom. The van der Waals surface area contributed by atoms with Gasteiger partial charge in [0, 0.05) is 19.0 Å². The first kappa shape index (κ1) is 20.5. The average molecular weight is 424 g/mol. The molecule has 1 N–H and O–H groups in total. The number of carbonyl (C=O) groups excluding carboxylic acids is 2. The number of ketones is 1. The quantitative estimate of drug-likeness (QED) is 0.477. The third-order valence-corrected chi connectivity index (χ3v) is 6.32. The smallest absolute Gasteiger partial charge is 0.233 e. The van der Waals surface area contributed by atoms with Crippen LogP contribution in [-0.2, 0) is 4.79 Å². The summed E-state index contributed by atoms with van der Waals surface area (Å²) in [4.78, 5) is 35.4. The van der Waals surface area contributed by atoms with Gasteiger partial charge in [-0.1, -0.05) is 30.0 Å². The second-order valence-electron chi connectivity index (χ2n) is 7.59. The van der Waals surface area contributed by atoms with Gasteiger partial charge in [0.05, 0.1) is 29.5 Å². The molecule has 6 nitrogen and oxygen atoms in total. The van der Waals surface area contributed by atoms with Crippen molar-refractivity contribution in [3.8, 4) is 5.75 Å². The van der Waals surface area contributed by atoms with Crippen molar-refractivity contribution in [1.29, 1.82) is 0 Å². The number of amides is 1. The molecule has 7 heteroatoms. The molecule has 0 radical (unpaired) electrons. The minimum atomic E-state index is -0.196. The highest BCUT2D eigenvalue weighted by atomic mass is 32.2. The number of H-pyrrole nitrogens is 1. The molecule has 0 saturated carbocycles. The molecule has 3 aromatic rings. The fourth-order valence-corrected chi connectivity index (χ4v) is 4.66. The lowest BCUT2D eigenvalue weighted by Gasteiger charge is -2.32. The molecule has 4 rings (SSSR count). The predicted molar refractivity (Wildman–Crippen MR) is 118 cm³/mol. The van der Waals surface area contributed by atoms with Gasteiger partial charge in [-0.25, -0.2) is 4.98 Å². The van der Waals surface area contributed by atoms with Crippen LogP contribution in [-0.4, -0.2) is 52.5 Å². The summed E-state index contributed by atoms with van der Waals surface area (Å²) >= 11 is 1.40. The minimum absolute atomic E-state index is 0.0363. The van der Waals surface area contributed by atoms with Crippen LogP contribution in [0.2, 0.25) is 0 Å². The summed E-state index contributed by atoms with van der Waals surface area (Å²) in [7, 11) is 1.57. The number of aromatic nitrogens is 2. The first-order valence-electron chi connectivity index (χ1n) is 10.1. The fraction of sp³-hybridized carbons (Fsp3) is 0.348. The minimum Gasteiger partial charge on any atom is -0.496 e. The lowest BCUT2D eigenvalue weighted by Crippen LogP contribution is -2.43. The van der Waals surface area contributed by atoms with Gasteiger partial charge in [-0.2, -0.15) is 0 Å². The molecular formula is C23H25N3O3S. The second kappa shape index (κ2) is 8.92. The van der Waals surface area contributed by atoms with Gasteiger partial charge in [-0.3, -0.25) is 9.59 Å². The van der Waals surface area contributed by atoms with Crippen LogP contribution >= 0.6 is 11.8 Å². The number of hydrogen-bond donors (Lipinski definition) is 1. The van der Waals surface area contributed by atoms with Crippen molar-refractivity contribution in [3.05, 3.63) is 53.6 Å². The van der Waals surface area contributed by atoms with E-state index in [0.717, 1.165) is 34.6 Å². The van der Waals surface area contributed by atoms with Gasteiger partial charge in [0.25, 0.3) is 0 Å². The van der Waals surface area contributed by atoms with Crippen LogP contribution in [0.15, 0.2) is 47.6 Å². The van der Waals surface area contributed by atoms with Gasteiger partial charge >= 0.3 is 0 Å². The molecule has 0 aliphatic carbocycles. The van der Waals surface area contributed by atoms with Gasteiger partial charge in [0.15, 0.2) is 10.9 Å². The zero-order valence-corrected chi connectivity index (χ0v) is 18.0. The van der Waals surface area contributed by atoms with Crippen molar-refractivity contribution >= 4 is 34.5 Å². The van der Waals surface area contributed by atoms with E-state index in [1.54, 1.807) is 24.1 Å². The number of benzene rings is 2. The lowest BCUT2D eigenvalue weighted by atomic mass is 9.89. The van der Waals surface area contributed by atoms with Crippen LogP contribution in [0.3, 0.4) is 0 Å². The summed E-state index contributed by atoms with van der Waals surface area (Å²) in [5.74, 6) is 0.771. The number of thioether (sulfide) groups is 1. The van der Waals surface area contributed by atoms with E-state index in [1.165, 1.54) is 11.8 Å². The number of imidazole rings is 1. The van der Waals surface area contributed by atoms with Crippen LogP contribution in [0.1, 0.15) is 28.8 Å². The van der Waals surface area contributed by atoms with Gasteiger partial charge in [0.2, 0.25) is 5.91 Å². The maximum absolute atomic E-state index is 13.0. The number of carbonyl (C=O) groups is 2. The molecule has 1 fully saturated rings. The maximum Gasteiger partial charge on any atom is 0.233 e. The highest BCUT2D eigenvalue weighted by Crippen LogP contribution is 2.27. The zero-order chi connectivity index (χ0) is 21.1. The summed E-state index contributed by atoms with van der Waals surface area (Å²) in [5, 5.41) is 0.739. The molecule has 1 atom stereocenters. The van der Waals surface area contributed by atoms with E-state index in [1.807, 2.05) is 37.3 Å². The van der Waals surface area contributed by atoms with E-state index >= 15 is 0 Å². The van der Waals surface area contributed by atoms with Crippen LogP contribution in [0.5, 0.6) is 5.75 Å². The van der Waals surface area contributed by atoms with Crippen molar-refractivity contribution in [2.75, 3.05) is 26.0 Å². The van der Waals surface area contributed by atoms with E-state index in [-0.39, 0.29) is 17.6 Å². The van der Waals surface area contributed by atoms with Crippen LogP contribution in [0, 0.1) is 12.8 Å². The normalized spacial score (nSPS) is 16.6. The fourth-order valence-electron chi connectivity index (χ4n) is 3.88. The first-order valence-corrected chi connectivity index (χ1v) is 11.1. The van der Waals surface area contributed by atoms with Crippen LogP contribution in [0.25, 0.3) is 11.0 Å². The molecular weight excluding hydrogens is 398 g/mol. The average Bonchev–Trinajstić information content (AvgIpc) is 3.19. The Labute approximate surface area is 180 Å². The summed E-state index contributed by atoms with van der Waals surface area (Å²) in [6, 6.07) is 13.3. The number of fused-ring (bicyclic) bond motifs is 1. The van der Waals surface area contributed by atoms with Crippen LogP contribution < -0.4 is 4.74 Å². The number of methoxy groups -OCH3 is 1. The Morgan fingerprint density at radius 2 is 2.10 bits per heavy atom. The third-order valence-electron chi connectivity index (χ3n) is 5.47. The molecule has 1 aromatic heterocycles. The third kappa shape index (κ3) is 4.36. The number of para-hydroxylation sites is 1. The van der Waals surface area contributed by atoms with Crippen molar-refractivity contribution in [2.24, 2.45) is 5.92 Å². The molecule has 1 amide bonds. The van der Waals surface area contributed by atoms with Gasteiger partial charge in [-0.15, -0.1) is 0 Å². The molecule has 2 aromatic carbocycles. The molecule has 30 heavy (non-hydrogen) atoms. The molecule has 1 aliphatic rings. The number of aryl methyl sites for hydroxylation is 1. The Kier molecular flexibility index (Phi) is 6.08. The summed E-state index contributed by atoms with van der Waals surface area (Å²) in [6.07, 6.45) is 1.61. The van der Waals surface area contributed by atoms with E-state index in [0.29, 0.717) is 30.2 Å². The molecule has 156 valence electrons. The van der Waals surface area contributed by atoms with E-state index in [9.17, 15) is 9.59 Å². The Morgan fingerprint density at radius 3 is 2.93 bits per heavy atom. The maximum atomic E-state index is 13.0. The van der Waals surface area contributed by atoms with Crippen molar-refractivity contribution in [1.82, 2.24) is 14.9 Å². The number of ether oxygens (including phenoxy) is 1. The van der Waals surface area contributed by atoms with Gasteiger partial charge < -0.3 is 14.6 Å². The largest absolute Gasteiger partial charge is 0.496 e. The highest BCUT2D eigenvalue weighted by molar-refractivity contribution is 7.99. The Bertz CT molecular complexity index is 1080. The van der Waals surface area contributed by atoms with Crippen LogP contribution in [0.4, 0.5) is 0 Å². The summed E-state index contributed by atoms with van der Waals surface area (Å²) in [6.45, 7) is 3.18. The summed E-state index contributed by atoms with van der Waals surface area (Å²) < 4.78 is 5.34. The Balaban J connectivity index is 1.38. The zero-order valence-electron chi connectivity index (χ0n) is 17.2. The molecule has 1 saturated heterocycles. The molecule has 0 spiro atoms. The second-order valence-corrected chi connectivity index (χ2v) is 8.56. The lowest BCUT2D eigenvalue weighted by molar-refractivity contribution is -0.129.